The number of hydrogen-bond donors (Lipinski definition) is 1. The number of nitrogens with zero attached hydrogens (tertiary/aromatic N) is 1. The van der Waals surface area contributed by atoms with Crippen LogP contribution in [-0.2, 0) is 0 Å². The molecule has 0 unspecified atom stereocenters. The third-order valence-corrected chi connectivity index (χ3v) is 3.34. The zero-order chi connectivity index (χ0) is 11.5. The van der Waals surface area contributed by atoms with Crippen molar-refractivity contribution in [2.24, 2.45) is 0 Å². The van der Waals surface area contributed by atoms with Crippen LogP contribution in [0.2, 0.25) is 5.02 Å². The molecule has 5 heteroatoms. The first-order valence-corrected chi connectivity index (χ1v) is 5.96. The zero-order valence-electron chi connectivity index (χ0n) is 9.75. The van der Waals surface area contributed by atoms with Crippen LogP contribution in [0, 0.1) is 5.82 Å². The van der Waals surface area contributed by atoms with Gasteiger partial charge in [-0.15, -0.1) is 12.4 Å². The Bertz CT molecular complexity index is 368. The van der Waals surface area contributed by atoms with Crippen LogP contribution < -0.4 is 5.32 Å². The van der Waals surface area contributed by atoms with Crippen molar-refractivity contribution in [1.82, 2.24) is 10.2 Å². The first-order chi connectivity index (χ1) is 7.68. The van der Waals surface area contributed by atoms with Crippen molar-refractivity contribution in [3.63, 3.8) is 0 Å². The predicted molar refractivity (Wildman–Crippen MR) is 71.5 cm³/mol. The number of piperazine rings is 1. The van der Waals surface area contributed by atoms with E-state index < -0.39 is 0 Å². The Labute approximate surface area is 113 Å². The van der Waals surface area contributed by atoms with Crippen molar-refractivity contribution < 1.29 is 4.39 Å². The molecular formula is C12H17Cl2FN2. The molecule has 1 saturated heterocycles. The van der Waals surface area contributed by atoms with Gasteiger partial charge >= 0.3 is 0 Å². The van der Waals surface area contributed by atoms with Crippen LogP contribution >= 0.6 is 24.0 Å². The maximum Gasteiger partial charge on any atom is 0.128 e. The highest BCUT2D eigenvalue weighted by Gasteiger charge is 2.20. The molecule has 1 heterocycles. The van der Waals surface area contributed by atoms with E-state index in [9.17, 15) is 4.39 Å². The van der Waals surface area contributed by atoms with Gasteiger partial charge in [0, 0.05) is 42.8 Å². The fourth-order valence-corrected chi connectivity index (χ4v) is 2.28. The van der Waals surface area contributed by atoms with Crippen LogP contribution in [0.4, 0.5) is 4.39 Å². The minimum absolute atomic E-state index is 0. The normalized spacial score (nSPS) is 18.5. The van der Waals surface area contributed by atoms with Gasteiger partial charge in [0.05, 0.1) is 0 Å². The molecule has 0 aliphatic carbocycles. The van der Waals surface area contributed by atoms with Gasteiger partial charge in [-0.05, 0) is 25.1 Å². The molecule has 0 amide bonds. The third-order valence-electron chi connectivity index (χ3n) is 3.11. The number of rotatable bonds is 2. The first-order valence-electron chi connectivity index (χ1n) is 5.58. The van der Waals surface area contributed by atoms with E-state index in [2.05, 4.69) is 10.2 Å². The lowest BCUT2D eigenvalue weighted by molar-refractivity contribution is 0.182. The summed E-state index contributed by atoms with van der Waals surface area (Å²) >= 11 is 5.90. The van der Waals surface area contributed by atoms with Gasteiger partial charge < -0.3 is 5.32 Å². The Morgan fingerprint density at radius 1 is 1.35 bits per heavy atom. The lowest BCUT2D eigenvalue weighted by Gasteiger charge is -2.33. The highest BCUT2D eigenvalue weighted by molar-refractivity contribution is 6.30. The van der Waals surface area contributed by atoms with Crippen LogP contribution in [0.15, 0.2) is 18.2 Å². The maximum absolute atomic E-state index is 13.7. The highest BCUT2D eigenvalue weighted by Crippen LogP contribution is 2.25. The van der Waals surface area contributed by atoms with Gasteiger partial charge in [-0.25, -0.2) is 4.39 Å². The third kappa shape index (κ3) is 3.55. The molecule has 17 heavy (non-hydrogen) atoms. The molecule has 96 valence electrons. The van der Waals surface area contributed by atoms with Crippen molar-refractivity contribution in [2.75, 3.05) is 26.2 Å². The van der Waals surface area contributed by atoms with Gasteiger partial charge in [-0.3, -0.25) is 4.90 Å². The minimum Gasteiger partial charge on any atom is -0.314 e. The molecule has 2 rings (SSSR count). The van der Waals surface area contributed by atoms with Gasteiger partial charge in [-0.1, -0.05) is 11.6 Å². The summed E-state index contributed by atoms with van der Waals surface area (Å²) in [6, 6.07) is 4.84. The summed E-state index contributed by atoms with van der Waals surface area (Å²) in [7, 11) is 0. The smallest absolute Gasteiger partial charge is 0.128 e. The van der Waals surface area contributed by atoms with Gasteiger partial charge in [0.2, 0.25) is 0 Å². The van der Waals surface area contributed by atoms with Crippen LogP contribution in [-0.4, -0.2) is 31.1 Å². The Morgan fingerprint density at radius 3 is 2.65 bits per heavy atom. The molecule has 2 nitrogen and oxygen atoms in total. The first kappa shape index (κ1) is 14.7. The van der Waals surface area contributed by atoms with Crippen molar-refractivity contribution >= 4 is 24.0 Å². The molecule has 1 aliphatic heterocycles. The van der Waals surface area contributed by atoms with E-state index in [4.69, 9.17) is 11.6 Å². The summed E-state index contributed by atoms with van der Waals surface area (Å²) in [6.07, 6.45) is 0. The van der Waals surface area contributed by atoms with E-state index in [0.29, 0.717) is 10.6 Å². The SMILES string of the molecule is C[C@@H](c1cc(Cl)ccc1F)N1CCNCC1.Cl. The zero-order valence-corrected chi connectivity index (χ0v) is 11.3. The quantitative estimate of drug-likeness (QED) is 0.895. The average molecular weight is 279 g/mol. The van der Waals surface area contributed by atoms with Gasteiger partial charge in [0.1, 0.15) is 5.82 Å². The van der Waals surface area contributed by atoms with E-state index >= 15 is 0 Å². The summed E-state index contributed by atoms with van der Waals surface area (Å²) in [6.45, 7) is 5.86. The van der Waals surface area contributed by atoms with Gasteiger partial charge in [-0.2, -0.15) is 0 Å². The Hall–Kier alpha value is -0.350. The Balaban J connectivity index is 0.00000144. The summed E-state index contributed by atoms with van der Waals surface area (Å²) in [5, 5.41) is 3.88. The molecule has 1 N–H and O–H groups in total. The topological polar surface area (TPSA) is 15.3 Å². The molecule has 0 radical (unpaired) electrons. The van der Waals surface area contributed by atoms with Crippen LogP contribution in [0.3, 0.4) is 0 Å². The summed E-state index contributed by atoms with van der Waals surface area (Å²) < 4.78 is 13.7. The van der Waals surface area contributed by atoms with Gasteiger partial charge in [0.25, 0.3) is 0 Å². The monoisotopic (exact) mass is 278 g/mol. The molecule has 0 spiro atoms. The molecule has 0 saturated carbocycles. The molecule has 1 atom stereocenters. The molecule has 0 bridgehead atoms. The lowest BCUT2D eigenvalue weighted by Crippen LogP contribution is -2.44. The second kappa shape index (κ2) is 6.55. The number of benzene rings is 1. The Morgan fingerprint density at radius 2 is 2.00 bits per heavy atom. The molecule has 0 aromatic heterocycles. The molecule has 1 aromatic rings. The van der Waals surface area contributed by atoms with E-state index in [-0.39, 0.29) is 24.3 Å². The Kier molecular flexibility index (Phi) is 5.67. The van der Waals surface area contributed by atoms with E-state index in [0.717, 1.165) is 26.2 Å². The minimum atomic E-state index is -0.171. The van der Waals surface area contributed by atoms with Gasteiger partial charge in [0.15, 0.2) is 0 Å². The van der Waals surface area contributed by atoms with Crippen LogP contribution in [0.25, 0.3) is 0 Å². The van der Waals surface area contributed by atoms with Crippen LogP contribution in [0.5, 0.6) is 0 Å². The largest absolute Gasteiger partial charge is 0.314 e. The standard InChI is InChI=1S/C12H16ClFN2.ClH/c1-9(16-6-4-15-5-7-16)11-8-10(13)2-3-12(11)14;/h2-3,8-9,15H,4-7H2,1H3;1H/t9-;/m0./s1. The molecule has 1 fully saturated rings. The predicted octanol–water partition coefficient (Wildman–Crippen LogP) is 2.87. The number of nitrogens with one attached hydrogen (secondary N) is 1. The molecular weight excluding hydrogens is 262 g/mol. The second-order valence-electron chi connectivity index (χ2n) is 4.13. The maximum atomic E-state index is 13.7. The van der Waals surface area contributed by atoms with E-state index in [1.54, 1.807) is 12.1 Å². The molecule has 1 aliphatic rings. The fourth-order valence-electron chi connectivity index (χ4n) is 2.10. The summed E-state index contributed by atoms with van der Waals surface area (Å²) in [5.74, 6) is -0.171. The summed E-state index contributed by atoms with van der Waals surface area (Å²) in [5.41, 5.74) is 0.689. The van der Waals surface area contributed by atoms with Crippen molar-refractivity contribution in [3.05, 3.63) is 34.6 Å². The second-order valence-corrected chi connectivity index (χ2v) is 4.56. The van der Waals surface area contributed by atoms with Crippen molar-refractivity contribution in [3.8, 4) is 0 Å². The fraction of sp³-hybridized carbons (Fsp3) is 0.500. The number of halogens is 3. The molecule has 1 aromatic carbocycles. The van der Waals surface area contributed by atoms with E-state index in [1.165, 1.54) is 6.07 Å². The average Bonchev–Trinajstić information content (AvgIpc) is 2.32. The van der Waals surface area contributed by atoms with Crippen molar-refractivity contribution in [1.29, 1.82) is 0 Å². The van der Waals surface area contributed by atoms with Crippen LogP contribution in [0.1, 0.15) is 18.5 Å². The van der Waals surface area contributed by atoms with Crippen molar-refractivity contribution in [2.45, 2.75) is 13.0 Å². The van der Waals surface area contributed by atoms with E-state index in [1.807, 2.05) is 6.92 Å². The number of hydrogen-bond acceptors (Lipinski definition) is 2. The lowest BCUT2D eigenvalue weighted by atomic mass is 10.1. The highest BCUT2D eigenvalue weighted by atomic mass is 35.5. The summed E-state index contributed by atoms with van der Waals surface area (Å²) in [4.78, 5) is 2.27.